The maximum Gasteiger partial charge on any atom is 0.191 e. The van der Waals surface area contributed by atoms with E-state index in [2.05, 4.69) is 21.7 Å². The van der Waals surface area contributed by atoms with Gasteiger partial charge in [-0.15, -0.1) is 10.2 Å². The van der Waals surface area contributed by atoms with Gasteiger partial charge in [-0.25, -0.2) is 0 Å². The van der Waals surface area contributed by atoms with Gasteiger partial charge in [0.1, 0.15) is 5.82 Å². The summed E-state index contributed by atoms with van der Waals surface area (Å²) in [5.74, 6) is 1.91. The highest BCUT2D eigenvalue weighted by atomic mass is 32.2. The Morgan fingerprint density at radius 2 is 2.19 bits per heavy atom. The molecule has 2 N–H and O–H groups in total. The number of hydrogen-bond donors (Lipinski definition) is 1. The van der Waals surface area contributed by atoms with Crippen LogP contribution in [0, 0.1) is 0 Å². The summed E-state index contributed by atoms with van der Waals surface area (Å²) >= 11 is 1.74. The molecule has 1 aromatic heterocycles. The molecule has 0 saturated carbocycles. The SMILES string of the molecule is CCn1c(CN)nnc1SCCCCOC. The number of nitrogens with two attached hydrogens (primary N) is 1. The summed E-state index contributed by atoms with van der Waals surface area (Å²) in [4.78, 5) is 0. The van der Waals surface area contributed by atoms with Gasteiger partial charge in [0, 0.05) is 26.0 Å². The first-order valence-corrected chi connectivity index (χ1v) is 6.55. The van der Waals surface area contributed by atoms with Crippen LogP contribution < -0.4 is 5.73 Å². The predicted molar refractivity (Wildman–Crippen MR) is 65.4 cm³/mol. The van der Waals surface area contributed by atoms with Gasteiger partial charge in [-0.3, -0.25) is 0 Å². The molecule has 1 rings (SSSR count). The van der Waals surface area contributed by atoms with Crippen molar-refractivity contribution < 1.29 is 4.74 Å². The maximum atomic E-state index is 5.58. The van der Waals surface area contributed by atoms with Gasteiger partial charge < -0.3 is 15.0 Å². The lowest BCUT2D eigenvalue weighted by Gasteiger charge is -2.05. The molecule has 0 aliphatic carbocycles. The third kappa shape index (κ3) is 3.77. The third-order valence-corrected chi connectivity index (χ3v) is 3.32. The molecule has 6 heteroatoms. The van der Waals surface area contributed by atoms with E-state index in [4.69, 9.17) is 10.5 Å². The van der Waals surface area contributed by atoms with E-state index in [1.807, 2.05) is 0 Å². The first kappa shape index (κ1) is 13.5. The molecule has 0 atom stereocenters. The molecule has 0 saturated heterocycles. The first-order valence-electron chi connectivity index (χ1n) is 5.57. The van der Waals surface area contributed by atoms with Crippen molar-refractivity contribution in [1.29, 1.82) is 0 Å². The Labute approximate surface area is 101 Å². The van der Waals surface area contributed by atoms with E-state index < -0.39 is 0 Å². The Kier molecular flexibility index (Phi) is 6.44. The minimum Gasteiger partial charge on any atom is -0.385 e. The minimum absolute atomic E-state index is 0.449. The summed E-state index contributed by atoms with van der Waals surface area (Å²) in [6.45, 7) is 4.23. The molecule has 5 nitrogen and oxygen atoms in total. The fraction of sp³-hybridized carbons (Fsp3) is 0.800. The van der Waals surface area contributed by atoms with Gasteiger partial charge in [-0.1, -0.05) is 11.8 Å². The van der Waals surface area contributed by atoms with Crippen LogP contribution in [0.15, 0.2) is 5.16 Å². The van der Waals surface area contributed by atoms with Gasteiger partial charge >= 0.3 is 0 Å². The van der Waals surface area contributed by atoms with Crippen LogP contribution >= 0.6 is 11.8 Å². The zero-order valence-electron chi connectivity index (χ0n) is 9.98. The summed E-state index contributed by atoms with van der Waals surface area (Å²) in [5, 5.41) is 9.18. The molecule has 0 fully saturated rings. The zero-order valence-corrected chi connectivity index (χ0v) is 10.8. The average molecular weight is 244 g/mol. The molecule has 0 radical (unpaired) electrons. The molecule has 16 heavy (non-hydrogen) atoms. The number of ether oxygens (including phenoxy) is 1. The topological polar surface area (TPSA) is 66.0 Å². The van der Waals surface area contributed by atoms with E-state index in [1.165, 1.54) is 0 Å². The van der Waals surface area contributed by atoms with Crippen molar-refractivity contribution in [2.75, 3.05) is 19.5 Å². The molecule has 0 aliphatic rings. The molecular formula is C10H20N4OS. The van der Waals surface area contributed by atoms with Gasteiger partial charge in [0.15, 0.2) is 5.16 Å². The second-order valence-electron chi connectivity index (χ2n) is 3.40. The second-order valence-corrected chi connectivity index (χ2v) is 4.46. The molecule has 0 aromatic carbocycles. The van der Waals surface area contributed by atoms with Crippen molar-refractivity contribution in [2.24, 2.45) is 5.73 Å². The van der Waals surface area contributed by atoms with Crippen LogP contribution in [0.3, 0.4) is 0 Å². The van der Waals surface area contributed by atoms with Crippen LogP contribution in [0.4, 0.5) is 0 Å². The third-order valence-electron chi connectivity index (χ3n) is 2.27. The monoisotopic (exact) mass is 244 g/mol. The van der Waals surface area contributed by atoms with Crippen LogP contribution in [0.5, 0.6) is 0 Å². The number of rotatable bonds is 8. The average Bonchev–Trinajstić information content (AvgIpc) is 2.71. The highest BCUT2D eigenvalue weighted by Gasteiger charge is 2.08. The summed E-state index contributed by atoms with van der Waals surface area (Å²) in [6, 6.07) is 0. The molecule has 0 unspecified atom stereocenters. The highest BCUT2D eigenvalue weighted by Crippen LogP contribution is 2.18. The number of thioether (sulfide) groups is 1. The Morgan fingerprint density at radius 1 is 1.38 bits per heavy atom. The summed E-state index contributed by atoms with van der Waals surface area (Å²) in [5.41, 5.74) is 5.58. The van der Waals surface area contributed by atoms with E-state index in [0.717, 1.165) is 42.7 Å². The lowest BCUT2D eigenvalue weighted by atomic mass is 10.4. The Bertz CT molecular complexity index is 303. The van der Waals surface area contributed by atoms with Crippen LogP contribution in [0.1, 0.15) is 25.6 Å². The van der Waals surface area contributed by atoms with Crippen molar-refractivity contribution in [3.05, 3.63) is 5.82 Å². The normalized spacial score (nSPS) is 10.9. The van der Waals surface area contributed by atoms with Gasteiger partial charge in [-0.2, -0.15) is 0 Å². The van der Waals surface area contributed by atoms with Gasteiger partial charge in [-0.05, 0) is 19.8 Å². The van der Waals surface area contributed by atoms with Crippen molar-refractivity contribution in [2.45, 2.75) is 38.0 Å². The van der Waals surface area contributed by atoms with Gasteiger partial charge in [0.2, 0.25) is 0 Å². The van der Waals surface area contributed by atoms with E-state index >= 15 is 0 Å². The van der Waals surface area contributed by atoms with Crippen LogP contribution in [0.2, 0.25) is 0 Å². The standard InChI is InChI=1S/C10H20N4OS/c1-3-14-9(8-11)12-13-10(14)16-7-5-4-6-15-2/h3-8,11H2,1-2H3. The lowest BCUT2D eigenvalue weighted by molar-refractivity contribution is 0.194. The number of methoxy groups -OCH3 is 1. The molecular weight excluding hydrogens is 224 g/mol. The summed E-state index contributed by atoms with van der Waals surface area (Å²) in [6.07, 6.45) is 2.22. The van der Waals surface area contributed by atoms with E-state index in [9.17, 15) is 0 Å². The number of hydrogen-bond acceptors (Lipinski definition) is 5. The number of unbranched alkanes of at least 4 members (excludes halogenated alkanes) is 1. The second kappa shape index (κ2) is 7.65. The van der Waals surface area contributed by atoms with E-state index in [-0.39, 0.29) is 0 Å². The van der Waals surface area contributed by atoms with Crippen molar-refractivity contribution in [1.82, 2.24) is 14.8 Å². The first-order chi connectivity index (χ1) is 7.83. The zero-order chi connectivity index (χ0) is 11.8. The summed E-state index contributed by atoms with van der Waals surface area (Å²) in [7, 11) is 1.73. The Hall–Kier alpha value is -0.590. The molecule has 0 aliphatic heterocycles. The van der Waals surface area contributed by atoms with Gasteiger partial charge in [0.05, 0.1) is 6.54 Å². The van der Waals surface area contributed by atoms with Crippen molar-refractivity contribution in [3.63, 3.8) is 0 Å². The maximum absolute atomic E-state index is 5.58. The molecule has 1 heterocycles. The molecule has 0 bridgehead atoms. The Balaban J connectivity index is 2.38. The fourth-order valence-corrected chi connectivity index (χ4v) is 2.43. The molecule has 0 spiro atoms. The molecule has 0 amide bonds. The van der Waals surface area contributed by atoms with E-state index in [0.29, 0.717) is 6.54 Å². The number of nitrogens with zero attached hydrogens (tertiary/aromatic N) is 3. The Morgan fingerprint density at radius 3 is 2.81 bits per heavy atom. The summed E-state index contributed by atoms with van der Waals surface area (Å²) < 4.78 is 7.07. The van der Waals surface area contributed by atoms with Gasteiger partial charge in [0.25, 0.3) is 0 Å². The van der Waals surface area contributed by atoms with Crippen LogP contribution in [-0.2, 0) is 17.8 Å². The van der Waals surface area contributed by atoms with Crippen LogP contribution in [0.25, 0.3) is 0 Å². The largest absolute Gasteiger partial charge is 0.385 e. The van der Waals surface area contributed by atoms with Crippen molar-refractivity contribution in [3.8, 4) is 0 Å². The van der Waals surface area contributed by atoms with Crippen LogP contribution in [-0.4, -0.2) is 34.2 Å². The van der Waals surface area contributed by atoms with E-state index in [1.54, 1.807) is 18.9 Å². The fourth-order valence-electron chi connectivity index (χ4n) is 1.41. The molecule has 92 valence electrons. The quantitative estimate of drug-likeness (QED) is 0.551. The smallest absolute Gasteiger partial charge is 0.191 e. The molecule has 1 aromatic rings. The predicted octanol–water partition coefficient (Wildman–Crippen LogP) is 1.28. The minimum atomic E-state index is 0.449. The number of aromatic nitrogens is 3. The highest BCUT2D eigenvalue weighted by molar-refractivity contribution is 7.99. The van der Waals surface area contributed by atoms with Crippen molar-refractivity contribution >= 4 is 11.8 Å². The lowest BCUT2D eigenvalue weighted by Crippen LogP contribution is -2.08.